The quantitative estimate of drug-likeness (QED) is 0.766. The van der Waals surface area contributed by atoms with Gasteiger partial charge in [0.25, 0.3) is 9.05 Å². The first-order chi connectivity index (χ1) is 6.38. The van der Waals surface area contributed by atoms with Crippen LogP contribution in [0.2, 0.25) is 5.02 Å². The van der Waals surface area contributed by atoms with Crippen LogP contribution in [0, 0.1) is 5.82 Å². The molecule has 0 N–H and O–H groups in total. The largest absolute Gasteiger partial charge is 0.494 e. The lowest BCUT2D eigenvalue weighted by Crippen LogP contribution is -2.00. The molecule has 0 atom stereocenters. The van der Waals surface area contributed by atoms with E-state index in [1.165, 1.54) is 13.2 Å². The van der Waals surface area contributed by atoms with E-state index >= 15 is 0 Å². The Labute approximate surface area is 89.8 Å². The van der Waals surface area contributed by atoms with Gasteiger partial charge in [-0.05, 0) is 12.1 Å². The van der Waals surface area contributed by atoms with E-state index in [1.807, 2.05) is 0 Å². The van der Waals surface area contributed by atoms with Crippen LogP contribution in [0.4, 0.5) is 4.39 Å². The minimum absolute atomic E-state index is 0.0203. The van der Waals surface area contributed by atoms with Gasteiger partial charge >= 0.3 is 0 Å². The Balaban J connectivity index is 3.63. The Morgan fingerprint density at radius 1 is 1.43 bits per heavy atom. The van der Waals surface area contributed by atoms with Crippen molar-refractivity contribution >= 4 is 31.3 Å². The zero-order valence-corrected chi connectivity index (χ0v) is 9.25. The third kappa shape index (κ3) is 2.10. The Morgan fingerprint density at radius 3 is 2.36 bits per heavy atom. The second-order valence-corrected chi connectivity index (χ2v) is 5.24. The second kappa shape index (κ2) is 3.92. The molecule has 78 valence electrons. The molecule has 0 aliphatic carbocycles. The van der Waals surface area contributed by atoms with Gasteiger partial charge in [-0.3, -0.25) is 0 Å². The Kier molecular flexibility index (Phi) is 3.24. The van der Waals surface area contributed by atoms with E-state index in [9.17, 15) is 12.8 Å². The molecule has 0 spiro atoms. The molecule has 0 heterocycles. The van der Waals surface area contributed by atoms with Crippen LogP contribution in [-0.4, -0.2) is 15.5 Å². The number of rotatable bonds is 2. The topological polar surface area (TPSA) is 43.4 Å². The molecular formula is C7H5Cl2FO3S. The first-order valence-corrected chi connectivity index (χ1v) is 6.03. The predicted octanol–water partition coefficient (Wildman–Crippen LogP) is 2.42. The van der Waals surface area contributed by atoms with Crippen molar-refractivity contribution in [2.24, 2.45) is 0 Å². The van der Waals surface area contributed by atoms with E-state index in [-0.39, 0.29) is 10.8 Å². The highest BCUT2D eigenvalue weighted by Crippen LogP contribution is 2.35. The normalized spacial score (nSPS) is 11.4. The van der Waals surface area contributed by atoms with Crippen LogP contribution in [0.5, 0.6) is 5.75 Å². The highest BCUT2D eigenvalue weighted by molar-refractivity contribution is 8.13. The molecule has 0 radical (unpaired) electrons. The first kappa shape index (κ1) is 11.6. The zero-order chi connectivity index (χ0) is 10.9. The van der Waals surface area contributed by atoms with Crippen molar-refractivity contribution in [3.8, 4) is 5.75 Å². The summed E-state index contributed by atoms with van der Waals surface area (Å²) in [5, 5.41) is -0.0203. The standard InChI is InChI=1S/C7H5Cl2FO3S/c1-13-6-4(8)2-3-5(10)7(6)14(9,11)12/h2-3H,1H3. The fourth-order valence-corrected chi connectivity index (χ4v) is 2.37. The second-order valence-electron chi connectivity index (χ2n) is 2.33. The number of ether oxygens (including phenoxy) is 1. The average molecular weight is 259 g/mol. The summed E-state index contributed by atoms with van der Waals surface area (Å²) in [5.41, 5.74) is 0. The molecular weight excluding hydrogens is 254 g/mol. The Bertz CT molecular complexity index is 458. The number of halogens is 3. The molecule has 0 aromatic heterocycles. The maximum Gasteiger partial charge on any atom is 0.267 e. The van der Waals surface area contributed by atoms with Crippen LogP contribution >= 0.6 is 22.3 Å². The van der Waals surface area contributed by atoms with Crippen LogP contribution in [0.25, 0.3) is 0 Å². The van der Waals surface area contributed by atoms with Crippen molar-refractivity contribution in [1.29, 1.82) is 0 Å². The van der Waals surface area contributed by atoms with Gasteiger partial charge in [0.1, 0.15) is 5.82 Å². The molecule has 0 aliphatic heterocycles. The van der Waals surface area contributed by atoms with Crippen molar-refractivity contribution in [1.82, 2.24) is 0 Å². The molecule has 0 unspecified atom stereocenters. The van der Waals surface area contributed by atoms with E-state index < -0.39 is 19.8 Å². The molecule has 7 heteroatoms. The van der Waals surface area contributed by atoms with Crippen LogP contribution in [0.1, 0.15) is 0 Å². The number of benzene rings is 1. The van der Waals surface area contributed by atoms with Crippen LogP contribution in [0.3, 0.4) is 0 Å². The highest BCUT2D eigenvalue weighted by Gasteiger charge is 2.24. The van der Waals surface area contributed by atoms with Crippen molar-refractivity contribution in [3.05, 3.63) is 23.0 Å². The van der Waals surface area contributed by atoms with Gasteiger partial charge in [-0.1, -0.05) is 11.6 Å². The Morgan fingerprint density at radius 2 is 2.00 bits per heavy atom. The monoisotopic (exact) mass is 258 g/mol. The van der Waals surface area contributed by atoms with Gasteiger partial charge in [0.05, 0.1) is 12.1 Å². The van der Waals surface area contributed by atoms with Gasteiger partial charge in [-0.25, -0.2) is 12.8 Å². The van der Waals surface area contributed by atoms with Gasteiger partial charge in [0.15, 0.2) is 10.6 Å². The predicted molar refractivity (Wildman–Crippen MR) is 51.0 cm³/mol. The lowest BCUT2D eigenvalue weighted by Gasteiger charge is -2.07. The van der Waals surface area contributed by atoms with Gasteiger partial charge < -0.3 is 4.74 Å². The lowest BCUT2D eigenvalue weighted by atomic mass is 10.3. The van der Waals surface area contributed by atoms with E-state index in [0.717, 1.165) is 6.07 Å². The van der Waals surface area contributed by atoms with Crippen molar-refractivity contribution in [2.75, 3.05) is 7.11 Å². The van der Waals surface area contributed by atoms with E-state index in [4.69, 9.17) is 22.3 Å². The van der Waals surface area contributed by atoms with Crippen molar-refractivity contribution in [2.45, 2.75) is 4.90 Å². The molecule has 0 fully saturated rings. The van der Waals surface area contributed by atoms with Crippen LogP contribution < -0.4 is 4.74 Å². The summed E-state index contributed by atoms with van der Waals surface area (Å²) in [6.45, 7) is 0. The summed E-state index contributed by atoms with van der Waals surface area (Å²) in [7, 11) is 1.98. The average Bonchev–Trinajstić information content (AvgIpc) is 2.06. The Hall–Kier alpha value is -0.520. The third-order valence-corrected chi connectivity index (χ3v) is 3.09. The SMILES string of the molecule is COc1c(Cl)ccc(F)c1S(=O)(=O)Cl. The molecule has 0 saturated carbocycles. The summed E-state index contributed by atoms with van der Waals surface area (Å²) in [6.07, 6.45) is 0. The molecule has 1 aromatic carbocycles. The molecule has 1 aromatic rings. The number of hydrogen-bond acceptors (Lipinski definition) is 3. The van der Waals surface area contributed by atoms with Crippen LogP contribution in [0.15, 0.2) is 17.0 Å². The molecule has 0 bridgehead atoms. The van der Waals surface area contributed by atoms with Gasteiger partial charge in [0, 0.05) is 10.7 Å². The first-order valence-electron chi connectivity index (χ1n) is 3.34. The van der Waals surface area contributed by atoms with Crippen molar-refractivity contribution in [3.63, 3.8) is 0 Å². The fraction of sp³-hybridized carbons (Fsp3) is 0.143. The lowest BCUT2D eigenvalue weighted by molar-refractivity contribution is 0.395. The minimum atomic E-state index is -4.21. The third-order valence-electron chi connectivity index (χ3n) is 1.46. The molecule has 1 rings (SSSR count). The summed E-state index contributed by atoms with van der Waals surface area (Å²) < 4.78 is 39.7. The molecule has 14 heavy (non-hydrogen) atoms. The number of methoxy groups -OCH3 is 1. The van der Waals surface area contributed by atoms with Crippen LogP contribution in [-0.2, 0) is 9.05 Å². The minimum Gasteiger partial charge on any atom is -0.494 e. The summed E-state index contributed by atoms with van der Waals surface area (Å²) in [4.78, 5) is -0.742. The summed E-state index contributed by atoms with van der Waals surface area (Å²) >= 11 is 5.59. The number of hydrogen-bond donors (Lipinski definition) is 0. The molecule has 0 amide bonds. The van der Waals surface area contributed by atoms with Gasteiger partial charge in [0.2, 0.25) is 0 Å². The molecule has 0 saturated heterocycles. The fourth-order valence-electron chi connectivity index (χ4n) is 0.932. The van der Waals surface area contributed by atoms with Gasteiger partial charge in [-0.2, -0.15) is 0 Å². The van der Waals surface area contributed by atoms with E-state index in [1.54, 1.807) is 0 Å². The highest BCUT2D eigenvalue weighted by atomic mass is 35.7. The van der Waals surface area contributed by atoms with Crippen molar-refractivity contribution < 1.29 is 17.5 Å². The smallest absolute Gasteiger partial charge is 0.267 e. The maximum atomic E-state index is 13.1. The molecule has 3 nitrogen and oxygen atoms in total. The summed E-state index contributed by atoms with van der Waals surface area (Å²) in [5.74, 6) is -1.29. The van der Waals surface area contributed by atoms with E-state index in [2.05, 4.69) is 4.74 Å². The molecule has 0 aliphatic rings. The van der Waals surface area contributed by atoms with E-state index in [0.29, 0.717) is 0 Å². The summed E-state index contributed by atoms with van der Waals surface area (Å²) in [6, 6.07) is 2.08. The maximum absolute atomic E-state index is 13.1. The van der Waals surface area contributed by atoms with Gasteiger partial charge in [-0.15, -0.1) is 0 Å². The zero-order valence-electron chi connectivity index (χ0n) is 6.92.